The molecule has 0 atom stereocenters. The van der Waals surface area contributed by atoms with Crippen LogP contribution in [-0.4, -0.2) is 20.9 Å². The molecule has 150 valence electrons. The van der Waals surface area contributed by atoms with Gasteiger partial charge < -0.3 is 5.32 Å². The Morgan fingerprint density at radius 1 is 0.900 bits per heavy atom. The van der Waals surface area contributed by atoms with Crippen LogP contribution in [0.5, 0.6) is 0 Å². The first kappa shape index (κ1) is 19.5. The van der Waals surface area contributed by atoms with E-state index in [1.165, 1.54) is 16.8 Å². The number of hydrogen-bond donors (Lipinski definition) is 1. The van der Waals surface area contributed by atoms with Crippen LogP contribution in [0.1, 0.15) is 34.2 Å². The molecular weight excluding hydrogens is 379 g/mol. The minimum atomic E-state index is -0.758. The highest BCUT2D eigenvalue weighted by molar-refractivity contribution is 5.94. The Balaban J connectivity index is 1.70. The zero-order chi connectivity index (χ0) is 21.1. The largest absolute Gasteiger partial charge is 0.337 e. The summed E-state index contributed by atoms with van der Waals surface area (Å²) in [5.41, 5.74) is 2.57. The molecule has 30 heavy (non-hydrogen) atoms. The van der Waals surface area contributed by atoms with Crippen molar-refractivity contribution in [3.8, 4) is 5.69 Å². The van der Waals surface area contributed by atoms with Crippen LogP contribution in [0.25, 0.3) is 5.69 Å². The summed E-state index contributed by atoms with van der Waals surface area (Å²) in [6.45, 7) is 3.73. The molecular formula is C24H21FN4O. The first-order valence-electron chi connectivity index (χ1n) is 9.61. The molecule has 0 aliphatic rings. The maximum atomic E-state index is 13.2. The van der Waals surface area contributed by atoms with E-state index in [4.69, 9.17) is 0 Å². The summed E-state index contributed by atoms with van der Waals surface area (Å²) >= 11 is 0. The van der Waals surface area contributed by atoms with E-state index in [2.05, 4.69) is 15.6 Å². The maximum Gasteiger partial charge on any atom is 0.274 e. The molecule has 0 radical (unpaired) electrons. The Kier molecular flexibility index (Phi) is 5.14. The van der Waals surface area contributed by atoms with E-state index >= 15 is 0 Å². The fourth-order valence-electron chi connectivity index (χ4n) is 3.51. The van der Waals surface area contributed by atoms with Gasteiger partial charge in [-0.15, -0.1) is 5.10 Å². The van der Waals surface area contributed by atoms with Crippen LogP contribution < -0.4 is 5.32 Å². The average Bonchev–Trinajstić information content (AvgIpc) is 3.17. The summed E-state index contributed by atoms with van der Waals surface area (Å²) in [4.78, 5) is 13.2. The number of rotatable bonds is 5. The molecule has 0 aliphatic carbocycles. The van der Waals surface area contributed by atoms with E-state index in [0.717, 1.165) is 11.1 Å². The normalized spacial score (nSPS) is 11.3. The number of benzene rings is 3. The Morgan fingerprint density at radius 2 is 1.43 bits per heavy atom. The molecule has 1 aromatic heterocycles. The molecule has 1 N–H and O–H groups in total. The number of aromatic nitrogens is 3. The van der Waals surface area contributed by atoms with E-state index in [1.807, 2.05) is 67.6 Å². The van der Waals surface area contributed by atoms with Gasteiger partial charge >= 0.3 is 0 Å². The molecule has 0 spiro atoms. The van der Waals surface area contributed by atoms with Gasteiger partial charge in [0.15, 0.2) is 5.69 Å². The van der Waals surface area contributed by atoms with Crippen LogP contribution in [0.15, 0.2) is 84.9 Å². The smallest absolute Gasteiger partial charge is 0.274 e. The van der Waals surface area contributed by atoms with Crippen molar-refractivity contribution in [3.05, 3.63) is 113 Å². The van der Waals surface area contributed by atoms with Gasteiger partial charge in [-0.2, -0.15) is 0 Å². The highest BCUT2D eigenvalue weighted by atomic mass is 19.1. The van der Waals surface area contributed by atoms with Crippen LogP contribution in [-0.2, 0) is 5.54 Å². The molecule has 0 saturated heterocycles. The van der Waals surface area contributed by atoms with E-state index in [9.17, 15) is 9.18 Å². The second-order valence-corrected chi connectivity index (χ2v) is 7.22. The molecule has 0 unspecified atom stereocenters. The van der Waals surface area contributed by atoms with Crippen molar-refractivity contribution in [2.75, 3.05) is 0 Å². The van der Waals surface area contributed by atoms with Gasteiger partial charge in [0, 0.05) is 0 Å². The first-order valence-corrected chi connectivity index (χ1v) is 9.61. The summed E-state index contributed by atoms with van der Waals surface area (Å²) < 4.78 is 14.8. The lowest BCUT2D eigenvalue weighted by atomic mass is 9.84. The van der Waals surface area contributed by atoms with Crippen molar-refractivity contribution >= 4 is 5.91 Å². The summed E-state index contributed by atoms with van der Waals surface area (Å²) in [5, 5.41) is 11.3. The number of carbonyl (C=O) groups is 1. The lowest BCUT2D eigenvalue weighted by molar-refractivity contribution is 0.0913. The lowest BCUT2D eigenvalue weighted by Gasteiger charge is -2.32. The van der Waals surface area contributed by atoms with Crippen LogP contribution in [0.2, 0.25) is 0 Å². The van der Waals surface area contributed by atoms with Gasteiger partial charge in [-0.3, -0.25) is 4.79 Å². The van der Waals surface area contributed by atoms with Crippen LogP contribution in [0.4, 0.5) is 4.39 Å². The van der Waals surface area contributed by atoms with Crippen molar-refractivity contribution in [1.29, 1.82) is 0 Å². The number of nitrogens with one attached hydrogen (secondary N) is 1. The molecule has 1 heterocycles. The molecule has 4 aromatic rings. The molecule has 6 heteroatoms. The quantitative estimate of drug-likeness (QED) is 0.540. The summed E-state index contributed by atoms with van der Waals surface area (Å²) in [6.07, 6.45) is 0. The summed E-state index contributed by atoms with van der Waals surface area (Å²) in [7, 11) is 0. The van der Waals surface area contributed by atoms with Gasteiger partial charge in [0.1, 0.15) is 5.82 Å². The molecule has 5 nitrogen and oxygen atoms in total. The van der Waals surface area contributed by atoms with E-state index < -0.39 is 5.54 Å². The Hall–Kier alpha value is -3.80. The fourth-order valence-corrected chi connectivity index (χ4v) is 3.51. The van der Waals surface area contributed by atoms with E-state index in [0.29, 0.717) is 11.4 Å². The predicted octanol–water partition coefficient (Wildman–Crippen LogP) is 4.41. The molecule has 0 fully saturated rings. The Labute approximate surface area is 174 Å². The van der Waals surface area contributed by atoms with Gasteiger partial charge in [-0.1, -0.05) is 65.9 Å². The van der Waals surface area contributed by atoms with Gasteiger partial charge in [0.05, 0.1) is 16.9 Å². The summed E-state index contributed by atoms with van der Waals surface area (Å²) in [5.74, 6) is -0.674. The van der Waals surface area contributed by atoms with Crippen LogP contribution in [0.3, 0.4) is 0 Å². The first-order chi connectivity index (χ1) is 14.5. The van der Waals surface area contributed by atoms with Crippen molar-refractivity contribution in [2.45, 2.75) is 19.4 Å². The Bertz CT molecular complexity index is 1120. The molecule has 0 bridgehead atoms. The van der Waals surface area contributed by atoms with Crippen molar-refractivity contribution in [1.82, 2.24) is 20.3 Å². The number of hydrogen-bond acceptors (Lipinski definition) is 3. The topological polar surface area (TPSA) is 59.8 Å². The molecule has 1 amide bonds. The van der Waals surface area contributed by atoms with Gasteiger partial charge in [-0.05, 0) is 49.2 Å². The van der Waals surface area contributed by atoms with Crippen molar-refractivity contribution in [3.63, 3.8) is 0 Å². The third-order valence-corrected chi connectivity index (χ3v) is 5.25. The number of halogens is 1. The zero-order valence-corrected chi connectivity index (χ0v) is 16.7. The third-order valence-electron chi connectivity index (χ3n) is 5.25. The van der Waals surface area contributed by atoms with Gasteiger partial charge in [0.2, 0.25) is 0 Å². The predicted molar refractivity (Wildman–Crippen MR) is 113 cm³/mol. The van der Waals surface area contributed by atoms with E-state index in [1.54, 1.807) is 19.1 Å². The van der Waals surface area contributed by atoms with Crippen LogP contribution >= 0.6 is 0 Å². The standard InChI is InChI=1S/C24H21FN4O/c1-17-22(27-28-29(17)21-15-13-20(25)14-16-21)23(30)26-24(2,18-9-5-3-6-10-18)19-11-7-4-8-12-19/h3-16H,1-2H3,(H,26,30). The van der Waals surface area contributed by atoms with Crippen molar-refractivity contribution < 1.29 is 9.18 Å². The lowest BCUT2D eigenvalue weighted by Crippen LogP contribution is -2.44. The SMILES string of the molecule is Cc1c(C(=O)NC(C)(c2ccccc2)c2ccccc2)nnn1-c1ccc(F)cc1. The molecule has 0 aliphatic heterocycles. The third kappa shape index (κ3) is 3.59. The minimum absolute atomic E-state index is 0.220. The number of amides is 1. The second-order valence-electron chi connectivity index (χ2n) is 7.22. The van der Waals surface area contributed by atoms with Gasteiger partial charge in [0.25, 0.3) is 5.91 Å². The Morgan fingerprint density at radius 3 is 1.97 bits per heavy atom. The number of nitrogens with zero attached hydrogens (tertiary/aromatic N) is 3. The molecule has 0 saturated carbocycles. The summed E-state index contributed by atoms with van der Waals surface area (Å²) in [6, 6.07) is 25.5. The monoisotopic (exact) mass is 400 g/mol. The molecule has 4 rings (SSSR count). The van der Waals surface area contributed by atoms with Crippen molar-refractivity contribution in [2.24, 2.45) is 0 Å². The second kappa shape index (κ2) is 7.91. The number of carbonyl (C=O) groups excluding carboxylic acids is 1. The zero-order valence-electron chi connectivity index (χ0n) is 16.7. The minimum Gasteiger partial charge on any atom is -0.337 e. The van der Waals surface area contributed by atoms with E-state index in [-0.39, 0.29) is 17.4 Å². The van der Waals surface area contributed by atoms with Gasteiger partial charge in [-0.25, -0.2) is 9.07 Å². The molecule has 3 aromatic carbocycles. The maximum absolute atomic E-state index is 13.2. The van der Waals surface area contributed by atoms with Crippen LogP contribution in [0, 0.1) is 12.7 Å². The highest BCUT2D eigenvalue weighted by Crippen LogP contribution is 2.29. The fraction of sp³-hybridized carbons (Fsp3) is 0.125. The highest BCUT2D eigenvalue weighted by Gasteiger charge is 2.32. The average molecular weight is 400 g/mol.